The molecule has 3 rings (SSSR count). The molecule has 0 heterocycles. The van der Waals surface area contributed by atoms with Crippen molar-refractivity contribution in [1.82, 2.24) is 4.31 Å². The molecule has 0 aliphatic carbocycles. The number of hydrogen-bond acceptors (Lipinski definition) is 4. The van der Waals surface area contributed by atoms with Gasteiger partial charge in [-0.25, -0.2) is 8.42 Å². The molecular weight excluding hydrogens is 412 g/mol. The van der Waals surface area contributed by atoms with Gasteiger partial charge < -0.3 is 10.1 Å². The van der Waals surface area contributed by atoms with Crippen LogP contribution in [0.5, 0.6) is 5.75 Å². The monoisotopic (exact) mass is 438 g/mol. The zero-order chi connectivity index (χ0) is 22.4. The van der Waals surface area contributed by atoms with Crippen LogP contribution in [-0.2, 0) is 21.4 Å². The highest BCUT2D eigenvalue weighted by atomic mass is 32.2. The number of aryl methyl sites for hydroxylation is 2. The average molecular weight is 439 g/mol. The first-order valence-corrected chi connectivity index (χ1v) is 11.3. The van der Waals surface area contributed by atoms with Gasteiger partial charge in [-0.05, 0) is 55.3 Å². The fourth-order valence-corrected chi connectivity index (χ4v) is 4.60. The molecule has 6 nitrogen and oxygen atoms in total. The third-order valence-electron chi connectivity index (χ3n) is 4.87. The standard InChI is InChI=1S/C24H26N2O4S/c1-18-9-14-23(19(2)15-18)25-24(27)17-26(16-20-7-5-4-6-8-20)31(28,29)22-12-10-21(30-3)11-13-22/h4-15H,16-17H2,1-3H3,(H,25,27). The minimum Gasteiger partial charge on any atom is -0.497 e. The first-order chi connectivity index (χ1) is 14.8. The van der Waals surface area contributed by atoms with Crippen LogP contribution in [0.15, 0.2) is 77.7 Å². The number of amides is 1. The number of nitrogens with zero attached hydrogens (tertiary/aromatic N) is 1. The van der Waals surface area contributed by atoms with Crippen molar-refractivity contribution in [3.05, 3.63) is 89.5 Å². The maximum Gasteiger partial charge on any atom is 0.243 e. The van der Waals surface area contributed by atoms with Gasteiger partial charge in [0, 0.05) is 12.2 Å². The molecule has 0 aliphatic heterocycles. The van der Waals surface area contributed by atoms with Gasteiger partial charge in [0.15, 0.2) is 0 Å². The van der Waals surface area contributed by atoms with Gasteiger partial charge in [0.05, 0.1) is 18.6 Å². The van der Waals surface area contributed by atoms with Gasteiger partial charge >= 0.3 is 0 Å². The summed E-state index contributed by atoms with van der Waals surface area (Å²) in [5, 5.41) is 2.83. The Morgan fingerprint density at radius 3 is 2.26 bits per heavy atom. The Balaban J connectivity index is 1.87. The molecule has 0 spiro atoms. The van der Waals surface area contributed by atoms with Crippen molar-refractivity contribution in [2.75, 3.05) is 19.0 Å². The van der Waals surface area contributed by atoms with Crippen molar-refractivity contribution < 1.29 is 17.9 Å². The number of hydrogen-bond donors (Lipinski definition) is 1. The summed E-state index contributed by atoms with van der Waals surface area (Å²) < 4.78 is 33.0. The molecule has 31 heavy (non-hydrogen) atoms. The van der Waals surface area contributed by atoms with E-state index in [1.165, 1.54) is 23.5 Å². The maximum atomic E-state index is 13.3. The minimum atomic E-state index is -3.91. The van der Waals surface area contributed by atoms with Crippen molar-refractivity contribution in [3.63, 3.8) is 0 Å². The predicted molar refractivity (Wildman–Crippen MR) is 122 cm³/mol. The molecule has 0 unspecified atom stereocenters. The molecular formula is C24H26N2O4S. The molecule has 1 amide bonds. The molecule has 0 fully saturated rings. The number of carbonyl (C=O) groups excluding carboxylic acids is 1. The number of carbonyl (C=O) groups is 1. The first kappa shape index (κ1) is 22.5. The summed E-state index contributed by atoms with van der Waals surface area (Å²) >= 11 is 0. The van der Waals surface area contributed by atoms with E-state index in [-0.39, 0.29) is 18.0 Å². The van der Waals surface area contributed by atoms with Gasteiger partial charge in [-0.1, -0.05) is 48.0 Å². The predicted octanol–water partition coefficient (Wildman–Crippen LogP) is 4.14. The van der Waals surface area contributed by atoms with E-state index < -0.39 is 15.9 Å². The molecule has 0 aromatic heterocycles. The van der Waals surface area contributed by atoms with Crippen LogP contribution >= 0.6 is 0 Å². The summed E-state index contributed by atoms with van der Waals surface area (Å²) in [7, 11) is -2.40. The van der Waals surface area contributed by atoms with Crippen LogP contribution < -0.4 is 10.1 Å². The summed E-state index contributed by atoms with van der Waals surface area (Å²) in [4.78, 5) is 12.9. The van der Waals surface area contributed by atoms with Gasteiger partial charge in [-0.2, -0.15) is 4.31 Å². The fraction of sp³-hybridized carbons (Fsp3) is 0.208. The number of nitrogens with one attached hydrogen (secondary N) is 1. The summed E-state index contributed by atoms with van der Waals surface area (Å²) in [6.45, 7) is 3.64. The Labute approximate surface area is 183 Å². The summed E-state index contributed by atoms with van der Waals surface area (Å²) in [6.07, 6.45) is 0. The van der Waals surface area contributed by atoms with Crippen LogP contribution in [0.4, 0.5) is 5.69 Å². The van der Waals surface area contributed by atoms with Gasteiger partial charge in [0.25, 0.3) is 0 Å². The fourth-order valence-electron chi connectivity index (χ4n) is 3.21. The Bertz CT molecular complexity index is 1140. The number of sulfonamides is 1. The molecule has 0 aliphatic rings. The van der Waals surface area contributed by atoms with Crippen LogP contribution in [0, 0.1) is 13.8 Å². The quantitative estimate of drug-likeness (QED) is 0.574. The van der Waals surface area contributed by atoms with E-state index in [0.717, 1.165) is 16.7 Å². The normalized spacial score (nSPS) is 11.4. The SMILES string of the molecule is COc1ccc(S(=O)(=O)N(CC(=O)Nc2ccc(C)cc2C)Cc2ccccc2)cc1. The highest BCUT2D eigenvalue weighted by molar-refractivity contribution is 7.89. The third-order valence-corrected chi connectivity index (χ3v) is 6.68. The van der Waals surface area contributed by atoms with E-state index in [1.807, 2.05) is 62.4 Å². The average Bonchev–Trinajstić information content (AvgIpc) is 2.76. The molecule has 7 heteroatoms. The minimum absolute atomic E-state index is 0.0789. The first-order valence-electron chi connectivity index (χ1n) is 9.85. The molecule has 0 bridgehead atoms. The molecule has 0 saturated carbocycles. The second-order valence-corrected chi connectivity index (χ2v) is 9.24. The molecule has 3 aromatic rings. The van der Waals surface area contributed by atoms with E-state index >= 15 is 0 Å². The lowest BCUT2D eigenvalue weighted by Gasteiger charge is -2.22. The second kappa shape index (κ2) is 9.76. The van der Waals surface area contributed by atoms with E-state index in [0.29, 0.717) is 11.4 Å². The molecule has 0 saturated heterocycles. The van der Waals surface area contributed by atoms with E-state index in [4.69, 9.17) is 4.74 Å². The number of benzene rings is 3. The molecule has 0 radical (unpaired) electrons. The van der Waals surface area contributed by atoms with E-state index in [2.05, 4.69) is 5.32 Å². The summed E-state index contributed by atoms with van der Waals surface area (Å²) in [5.74, 6) is 0.154. The van der Waals surface area contributed by atoms with Gasteiger partial charge in [0.2, 0.25) is 15.9 Å². The van der Waals surface area contributed by atoms with Crippen LogP contribution in [-0.4, -0.2) is 32.3 Å². The largest absolute Gasteiger partial charge is 0.497 e. The lowest BCUT2D eigenvalue weighted by Crippen LogP contribution is -2.37. The van der Waals surface area contributed by atoms with Crippen LogP contribution in [0.2, 0.25) is 0 Å². The van der Waals surface area contributed by atoms with Crippen molar-refractivity contribution in [2.24, 2.45) is 0 Å². The Kier molecular flexibility index (Phi) is 7.09. The molecule has 0 atom stereocenters. The van der Waals surface area contributed by atoms with Gasteiger partial charge in [-0.15, -0.1) is 0 Å². The Hall–Kier alpha value is -3.16. The Morgan fingerprint density at radius 1 is 0.968 bits per heavy atom. The smallest absolute Gasteiger partial charge is 0.243 e. The number of rotatable bonds is 8. The summed E-state index contributed by atoms with van der Waals surface area (Å²) in [5.41, 5.74) is 3.46. The van der Waals surface area contributed by atoms with Crippen LogP contribution in [0.1, 0.15) is 16.7 Å². The van der Waals surface area contributed by atoms with Crippen molar-refractivity contribution >= 4 is 21.6 Å². The van der Waals surface area contributed by atoms with Crippen LogP contribution in [0.3, 0.4) is 0 Å². The van der Waals surface area contributed by atoms with Crippen molar-refractivity contribution in [3.8, 4) is 5.75 Å². The van der Waals surface area contributed by atoms with Gasteiger partial charge in [-0.3, -0.25) is 4.79 Å². The zero-order valence-corrected chi connectivity index (χ0v) is 18.6. The molecule has 3 aromatic carbocycles. The number of methoxy groups -OCH3 is 1. The highest BCUT2D eigenvalue weighted by Crippen LogP contribution is 2.22. The van der Waals surface area contributed by atoms with E-state index in [9.17, 15) is 13.2 Å². The lowest BCUT2D eigenvalue weighted by molar-refractivity contribution is -0.116. The number of ether oxygens (including phenoxy) is 1. The van der Waals surface area contributed by atoms with Crippen molar-refractivity contribution in [2.45, 2.75) is 25.3 Å². The molecule has 162 valence electrons. The van der Waals surface area contributed by atoms with Gasteiger partial charge in [0.1, 0.15) is 5.75 Å². The second-order valence-electron chi connectivity index (χ2n) is 7.30. The zero-order valence-electron chi connectivity index (χ0n) is 17.8. The topological polar surface area (TPSA) is 75.7 Å². The molecule has 1 N–H and O–H groups in total. The summed E-state index contributed by atoms with van der Waals surface area (Å²) in [6, 6.07) is 21.0. The Morgan fingerprint density at radius 2 is 1.65 bits per heavy atom. The maximum absolute atomic E-state index is 13.3. The third kappa shape index (κ3) is 5.71. The highest BCUT2D eigenvalue weighted by Gasteiger charge is 2.27. The number of anilines is 1. The van der Waals surface area contributed by atoms with Crippen LogP contribution in [0.25, 0.3) is 0 Å². The lowest BCUT2D eigenvalue weighted by atomic mass is 10.1. The van der Waals surface area contributed by atoms with Crippen molar-refractivity contribution in [1.29, 1.82) is 0 Å². The van der Waals surface area contributed by atoms with E-state index in [1.54, 1.807) is 12.1 Å².